The fourth-order valence-corrected chi connectivity index (χ4v) is 3.68. The first kappa shape index (κ1) is 20.6. The van der Waals surface area contributed by atoms with Gasteiger partial charge >= 0.3 is 0 Å². The molecule has 0 unspecified atom stereocenters. The molecule has 1 saturated heterocycles. The van der Waals surface area contributed by atoms with Gasteiger partial charge in [0.25, 0.3) is 0 Å². The van der Waals surface area contributed by atoms with Gasteiger partial charge in [-0.1, -0.05) is 29.8 Å². The minimum absolute atomic E-state index is 0.0946. The minimum atomic E-state index is 0.0946. The molecule has 1 N–H and O–H groups in total. The van der Waals surface area contributed by atoms with Crippen LogP contribution in [0.3, 0.4) is 0 Å². The summed E-state index contributed by atoms with van der Waals surface area (Å²) in [6.07, 6.45) is 0. The molecule has 0 saturated carbocycles. The van der Waals surface area contributed by atoms with Crippen LogP contribution < -0.4 is 10.2 Å². The summed E-state index contributed by atoms with van der Waals surface area (Å²) in [5, 5.41) is 4.73. The van der Waals surface area contributed by atoms with Gasteiger partial charge in [0.05, 0.1) is 6.54 Å². The van der Waals surface area contributed by atoms with Crippen molar-refractivity contribution < 1.29 is 4.79 Å². The van der Waals surface area contributed by atoms with Gasteiger partial charge in [0, 0.05) is 49.6 Å². The van der Waals surface area contributed by atoms with Crippen molar-refractivity contribution in [2.45, 2.75) is 6.92 Å². The van der Waals surface area contributed by atoms with Crippen LogP contribution in [0.5, 0.6) is 0 Å². The second-order valence-electron chi connectivity index (χ2n) is 6.94. The number of benzene rings is 2. The SMILES string of the molecule is Cc1cc(Cl)ccc1NC(=S)N1CCN(CC(=O)N(C)c2ccccc2)CC1. The summed E-state index contributed by atoms with van der Waals surface area (Å²) in [5.74, 6) is 0.0946. The van der Waals surface area contributed by atoms with E-state index in [4.69, 9.17) is 23.8 Å². The summed E-state index contributed by atoms with van der Waals surface area (Å²) < 4.78 is 0. The molecule has 2 aromatic rings. The number of halogens is 1. The highest BCUT2D eigenvalue weighted by molar-refractivity contribution is 7.80. The minimum Gasteiger partial charge on any atom is -0.346 e. The Morgan fingerprint density at radius 3 is 2.46 bits per heavy atom. The van der Waals surface area contributed by atoms with E-state index in [1.807, 2.05) is 62.5 Å². The van der Waals surface area contributed by atoms with Gasteiger partial charge in [-0.25, -0.2) is 0 Å². The number of carbonyl (C=O) groups is 1. The molecule has 0 atom stereocenters. The predicted molar refractivity (Wildman–Crippen MR) is 120 cm³/mol. The van der Waals surface area contributed by atoms with Crippen LogP contribution >= 0.6 is 23.8 Å². The largest absolute Gasteiger partial charge is 0.346 e. The zero-order valence-electron chi connectivity index (χ0n) is 16.2. The van der Waals surface area contributed by atoms with Crippen LogP contribution in [0.25, 0.3) is 0 Å². The lowest BCUT2D eigenvalue weighted by Gasteiger charge is -2.36. The zero-order valence-corrected chi connectivity index (χ0v) is 17.8. The van der Waals surface area contributed by atoms with Gasteiger partial charge in [-0.2, -0.15) is 0 Å². The van der Waals surface area contributed by atoms with E-state index in [2.05, 4.69) is 15.1 Å². The van der Waals surface area contributed by atoms with E-state index in [1.54, 1.807) is 4.90 Å². The van der Waals surface area contributed by atoms with E-state index in [-0.39, 0.29) is 5.91 Å². The first-order valence-electron chi connectivity index (χ1n) is 9.30. The number of piperazine rings is 1. The third-order valence-electron chi connectivity index (χ3n) is 4.97. The summed E-state index contributed by atoms with van der Waals surface area (Å²) in [7, 11) is 1.82. The number of thiocarbonyl (C=S) groups is 1. The maximum atomic E-state index is 12.6. The summed E-state index contributed by atoms with van der Waals surface area (Å²) >= 11 is 11.6. The Morgan fingerprint density at radius 2 is 1.82 bits per heavy atom. The molecule has 1 heterocycles. The Hall–Kier alpha value is -2.15. The van der Waals surface area contributed by atoms with E-state index in [0.717, 1.165) is 43.1 Å². The van der Waals surface area contributed by atoms with Crippen molar-refractivity contribution in [3.63, 3.8) is 0 Å². The second kappa shape index (κ2) is 9.37. The molecule has 5 nitrogen and oxygen atoms in total. The number of carbonyl (C=O) groups excluding carboxylic acids is 1. The molecule has 1 amide bonds. The van der Waals surface area contributed by atoms with Gasteiger partial charge in [-0.05, 0) is 55.0 Å². The Labute approximate surface area is 176 Å². The van der Waals surface area contributed by atoms with Crippen LogP contribution in [-0.2, 0) is 4.79 Å². The van der Waals surface area contributed by atoms with Gasteiger partial charge in [-0.15, -0.1) is 0 Å². The third kappa shape index (κ3) is 5.22. The number of hydrogen-bond acceptors (Lipinski definition) is 3. The molecule has 0 aliphatic carbocycles. The molecule has 7 heteroatoms. The lowest BCUT2D eigenvalue weighted by atomic mass is 10.2. The Bertz CT molecular complexity index is 838. The molecular formula is C21H25ClN4OS. The first-order valence-corrected chi connectivity index (χ1v) is 10.1. The average molecular weight is 417 g/mol. The molecule has 1 aliphatic rings. The molecular weight excluding hydrogens is 392 g/mol. The molecule has 28 heavy (non-hydrogen) atoms. The van der Waals surface area contributed by atoms with Crippen LogP contribution in [0.1, 0.15) is 5.56 Å². The van der Waals surface area contributed by atoms with Crippen LogP contribution in [0.2, 0.25) is 5.02 Å². The van der Waals surface area contributed by atoms with Gasteiger partial charge in [0.2, 0.25) is 5.91 Å². The maximum absolute atomic E-state index is 12.6. The molecule has 0 radical (unpaired) electrons. The number of para-hydroxylation sites is 1. The monoisotopic (exact) mass is 416 g/mol. The highest BCUT2D eigenvalue weighted by atomic mass is 35.5. The standard InChI is InChI=1S/C21H25ClN4OS/c1-16-14-17(22)8-9-19(16)23-21(28)26-12-10-25(11-13-26)15-20(27)24(2)18-6-4-3-5-7-18/h3-9,14H,10-13,15H2,1-2H3,(H,23,28). The molecule has 0 spiro atoms. The van der Waals surface area contributed by atoms with E-state index < -0.39 is 0 Å². The Balaban J connectivity index is 1.48. The van der Waals surface area contributed by atoms with Crippen molar-refractivity contribution in [3.8, 4) is 0 Å². The van der Waals surface area contributed by atoms with Crippen LogP contribution in [0.15, 0.2) is 48.5 Å². The lowest BCUT2D eigenvalue weighted by Crippen LogP contribution is -2.52. The van der Waals surface area contributed by atoms with Crippen molar-refractivity contribution in [1.82, 2.24) is 9.80 Å². The molecule has 0 bridgehead atoms. The maximum Gasteiger partial charge on any atom is 0.240 e. The fourth-order valence-electron chi connectivity index (χ4n) is 3.16. The van der Waals surface area contributed by atoms with Gasteiger partial charge < -0.3 is 15.1 Å². The van der Waals surface area contributed by atoms with E-state index in [0.29, 0.717) is 16.7 Å². The average Bonchev–Trinajstić information content (AvgIpc) is 2.70. The number of anilines is 2. The van der Waals surface area contributed by atoms with Crippen molar-refractivity contribution in [1.29, 1.82) is 0 Å². The Kier molecular flexibility index (Phi) is 6.88. The van der Waals surface area contributed by atoms with E-state index in [1.165, 1.54) is 0 Å². The zero-order chi connectivity index (χ0) is 20.1. The summed E-state index contributed by atoms with van der Waals surface area (Å²) in [4.78, 5) is 18.6. The lowest BCUT2D eigenvalue weighted by molar-refractivity contribution is -0.119. The van der Waals surface area contributed by atoms with Crippen LogP contribution in [0.4, 0.5) is 11.4 Å². The number of nitrogens with zero attached hydrogens (tertiary/aromatic N) is 3. The highest BCUT2D eigenvalue weighted by Crippen LogP contribution is 2.20. The number of likely N-dealkylation sites (N-methyl/N-ethyl adjacent to an activating group) is 1. The van der Waals surface area contributed by atoms with Crippen LogP contribution in [-0.4, -0.2) is 60.6 Å². The van der Waals surface area contributed by atoms with Gasteiger partial charge in [0.1, 0.15) is 0 Å². The van der Waals surface area contributed by atoms with Crippen molar-refractivity contribution >= 4 is 46.2 Å². The molecule has 0 aromatic heterocycles. The number of nitrogens with one attached hydrogen (secondary N) is 1. The quantitative estimate of drug-likeness (QED) is 0.770. The third-order valence-corrected chi connectivity index (χ3v) is 5.56. The molecule has 1 fully saturated rings. The molecule has 1 aliphatic heterocycles. The van der Waals surface area contributed by atoms with Crippen molar-refractivity contribution in [2.75, 3.05) is 50.0 Å². The second-order valence-corrected chi connectivity index (χ2v) is 7.76. The molecule has 148 valence electrons. The van der Waals surface area contributed by atoms with Gasteiger partial charge in [0.15, 0.2) is 5.11 Å². The highest BCUT2D eigenvalue weighted by Gasteiger charge is 2.22. The van der Waals surface area contributed by atoms with E-state index in [9.17, 15) is 4.79 Å². The Morgan fingerprint density at radius 1 is 1.14 bits per heavy atom. The topological polar surface area (TPSA) is 38.8 Å². The number of rotatable bonds is 4. The summed E-state index contributed by atoms with van der Waals surface area (Å²) in [6, 6.07) is 15.4. The normalized spacial score (nSPS) is 14.6. The molecule has 2 aromatic carbocycles. The summed E-state index contributed by atoms with van der Waals surface area (Å²) in [5.41, 5.74) is 2.94. The number of hydrogen-bond donors (Lipinski definition) is 1. The van der Waals surface area contributed by atoms with Crippen molar-refractivity contribution in [2.24, 2.45) is 0 Å². The summed E-state index contributed by atoms with van der Waals surface area (Å²) in [6.45, 7) is 5.60. The predicted octanol–water partition coefficient (Wildman–Crippen LogP) is 3.63. The smallest absolute Gasteiger partial charge is 0.240 e. The van der Waals surface area contributed by atoms with Crippen LogP contribution in [0, 0.1) is 6.92 Å². The fraction of sp³-hybridized carbons (Fsp3) is 0.333. The number of aryl methyl sites for hydroxylation is 1. The molecule has 3 rings (SSSR count). The van der Waals surface area contributed by atoms with Crippen molar-refractivity contribution in [3.05, 3.63) is 59.1 Å². The first-order chi connectivity index (χ1) is 13.4. The number of amides is 1. The van der Waals surface area contributed by atoms with E-state index >= 15 is 0 Å². The van der Waals surface area contributed by atoms with Gasteiger partial charge in [-0.3, -0.25) is 9.69 Å².